The van der Waals surface area contributed by atoms with E-state index in [9.17, 15) is 0 Å². The first-order valence-electron chi connectivity index (χ1n) is 1.49. The van der Waals surface area contributed by atoms with Crippen LogP contribution in [0.25, 0.3) is 0 Å². The van der Waals surface area contributed by atoms with Crippen LogP contribution in [0.1, 0.15) is 0 Å². The Labute approximate surface area is 47.0 Å². The summed E-state index contributed by atoms with van der Waals surface area (Å²) in [5, 5.41) is 0. The van der Waals surface area contributed by atoms with Crippen LogP contribution in [0.5, 0.6) is 0 Å². The molecule has 0 saturated carbocycles. The summed E-state index contributed by atoms with van der Waals surface area (Å²) in [6.07, 6.45) is 4.56. The largest absolute Gasteiger partial charge is 0.484 e. The molecule has 0 aliphatic heterocycles. The molecule has 0 unspecified atom stereocenters. The second-order valence-electron chi connectivity index (χ2n) is 0.814. The molecular formula is C4H4CoN-. The standard InChI is InChI=1S/C4H4N.Co/c1-2-4-5-3-1;/h1-3,5H;/q-1;. The van der Waals surface area contributed by atoms with Crippen molar-refractivity contribution in [3.05, 3.63) is 24.5 Å². The van der Waals surface area contributed by atoms with E-state index in [1.807, 2.05) is 18.3 Å². The first kappa shape index (κ1) is 5.79. The number of hydrogen-bond acceptors (Lipinski definition) is 0. The van der Waals surface area contributed by atoms with Crippen molar-refractivity contribution >= 4 is 0 Å². The molecule has 1 rings (SSSR count). The Kier molecular flexibility index (Phi) is 2.89. The van der Waals surface area contributed by atoms with Gasteiger partial charge < -0.3 is 4.98 Å². The van der Waals surface area contributed by atoms with Gasteiger partial charge in [-0.3, -0.25) is 0 Å². The van der Waals surface area contributed by atoms with E-state index >= 15 is 0 Å². The maximum Gasteiger partial charge on any atom is 0 e. The third-order valence-corrected chi connectivity index (χ3v) is 0.442. The molecule has 1 nitrogen and oxygen atoms in total. The Bertz CT molecular complexity index is 64.0. The predicted octanol–water partition coefficient (Wildman–Crippen LogP) is 0.812. The van der Waals surface area contributed by atoms with Crippen molar-refractivity contribution in [3.63, 3.8) is 0 Å². The van der Waals surface area contributed by atoms with Crippen LogP contribution in [0, 0.1) is 6.20 Å². The fraction of sp³-hybridized carbons (Fsp3) is 0. The van der Waals surface area contributed by atoms with Crippen molar-refractivity contribution in [2.75, 3.05) is 0 Å². The van der Waals surface area contributed by atoms with Crippen LogP contribution in [-0.4, -0.2) is 4.98 Å². The van der Waals surface area contributed by atoms with Crippen LogP contribution in [0.4, 0.5) is 0 Å². The summed E-state index contributed by atoms with van der Waals surface area (Å²) in [4.78, 5) is 2.74. The van der Waals surface area contributed by atoms with Gasteiger partial charge in [0.2, 0.25) is 0 Å². The first-order chi connectivity index (χ1) is 2.50. The molecule has 1 aromatic rings. The Balaban J connectivity index is 0.000000250. The second kappa shape index (κ2) is 3.00. The second-order valence-corrected chi connectivity index (χ2v) is 0.814. The van der Waals surface area contributed by atoms with Gasteiger partial charge >= 0.3 is 0 Å². The summed E-state index contributed by atoms with van der Waals surface area (Å²) in [7, 11) is 0. The van der Waals surface area contributed by atoms with E-state index in [-0.39, 0.29) is 16.8 Å². The summed E-state index contributed by atoms with van der Waals surface area (Å²) in [5.74, 6) is 0. The number of nitrogens with one attached hydrogen (secondary N) is 1. The van der Waals surface area contributed by atoms with Gasteiger partial charge in [0.25, 0.3) is 0 Å². The molecule has 2 heteroatoms. The van der Waals surface area contributed by atoms with Crippen LogP contribution in [0.15, 0.2) is 18.3 Å². The average molecular weight is 125 g/mol. The molecule has 6 heavy (non-hydrogen) atoms. The molecule has 0 aliphatic rings. The zero-order valence-corrected chi connectivity index (χ0v) is 4.11. The number of rotatable bonds is 0. The van der Waals surface area contributed by atoms with E-state index in [0.29, 0.717) is 0 Å². The summed E-state index contributed by atoms with van der Waals surface area (Å²) >= 11 is 0. The summed E-state index contributed by atoms with van der Waals surface area (Å²) in [5.41, 5.74) is 0. The first-order valence-corrected chi connectivity index (χ1v) is 1.49. The van der Waals surface area contributed by atoms with Gasteiger partial charge in [0.15, 0.2) is 0 Å². The molecular weight excluding hydrogens is 121 g/mol. The fourth-order valence-corrected chi connectivity index (χ4v) is 0.241. The van der Waals surface area contributed by atoms with E-state index in [1.165, 1.54) is 0 Å². The Hall–Kier alpha value is -0.214. The van der Waals surface area contributed by atoms with Crippen LogP contribution >= 0.6 is 0 Å². The van der Waals surface area contributed by atoms with E-state index in [4.69, 9.17) is 0 Å². The maximum atomic E-state index is 2.74. The third-order valence-electron chi connectivity index (χ3n) is 0.442. The molecule has 0 aromatic carbocycles. The number of hydrogen-bond donors (Lipinski definition) is 1. The molecule has 0 bridgehead atoms. The Morgan fingerprint density at radius 3 is 2.50 bits per heavy atom. The van der Waals surface area contributed by atoms with Crippen LogP contribution < -0.4 is 0 Å². The van der Waals surface area contributed by atoms with Crippen molar-refractivity contribution < 1.29 is 16.8 Å². The fourth-order valence-electron chi connectivity index (χ4n) is 0.241. The van der Waals surface area contributed by atoms with Crippen molar-refractivity contribution in [2.24, 2.45) is 0 Å². The predicted molar refractivity (Wildman–Crippen MR) is 19.6 cm³/mol. The molecule has 0 amide bonds. The molecule has 0 spiro atoms. The Morgan fingerprint density at radius 1 is 1.50 bits per heavy atom. The maximum absolute atomic E-state index is 2.74. The monoisotopic (exact) mass is 125 g/mol. The van der Waals surface area contributed by atoms with E-state index in [0.717, 1.165) is 0 Å². The molecule has 1 heterocycles. The van der Waals surface area contributed by atoms with Crippen LogP contribution in [0.2, 0.25) is 0 Å². The number of H-pyrrole nitrogens is 1. The molecule has 1 N–H and O–H groups in total. The summed E-state index contributed by atoms with van der Waals surface area (Å²) in [6.45, 7) is 0. The number of aromatic amines is 1. The van der Waals surface area contributed by atoms with E-state index < -0.39 is 0 Å². The van der Waals surface area contributed by atoms with Crippen molar-refractivity contribution in [1.29, 1.82) is 0 Å². The molecule has 35 valence electrons. The molecule has 0 fully saturated rings. The van der Waals surface area contributed by atoms with Crippen LogP contribution in [0.3, 0.4) is 0 Å². The normalized spacial score (nSPS) is 6.67. The smallest absolute Gasteiger partial charge is 0 e. The molecule has 1 aromatic heterocycles. The zero-order valence-electron chi connectivity index (χ0n) is 3.07. The summed E-state index contributed by atoms with van der Waals surface area (Å²) in [6, 6.07) is 3.71. The molecule has 1 radical (unpaired) electrons. The van der Waals surface area contributed by atoms with Crippen LogP contribution in [-0.2, 0) is 16.8 Å². The molecule has 0 saturated heterocycles. The van der Waals surface area contributed by atoms with Gasteiger partial charge in [0.05, 0.1) is 0 Å². The third kappa shape index (κ3) is 1.28. The molecule has 0 atom stereocenters. The minimum atomic E-state index is 0. The van der Waals surface area contributed by atoms with Crippen molar-refractivity contribution in [2.45, 2.75) is 0 Å². The number of aromatic nitrogens is 1. The quantitative estimate of drug-likeness (QED) is 0.494. The Morgan fingerprint density at radius 2 is 2.33 bits per heavy atom. The van der Waals surface area contributed by atoms with Gasteiger partial charge in [0.1, 0.15) is 0 Å². The van der Waals surface area contributed by atoms with Crippen molar-refractivity contribution in [1.82, 2.24) is 4.98 Å². The minimum Gasteiger partial charge on any atom is -0.484 e. The van der Waals surface area contributed by atoms with E-state index in [2.05, 4.69) is 11.2 Å². The van der Waals surface area contributed by atoms with Gasteiger partial charge in [-0.1, -0.05) is 0 Å². The minimum absolute atomic E-state index is 0. The van der Waals surface area contributed by atoms with Gasteiger partial charge in [-0.2, -0.15) is 18.3 Å². The topological polar surface area (TPSA) is 15.8 Å². The summed E-state index contributed by atoms with van der Waals surface area (Å²) < 4.78 is 0. The van der Waals surface area contributed by atoms with E-state index in [1.54, 1.807) is 0 Å². The van der Waals surface area contributed by atoms with Gasteiger partial charge in [-0.05, 0) is 0 Å². The van der Waals surface area contributed by atoms with Gasteiger partial charge in [-0.25, -0.2) is 0 Å². The SMILES string of the molecule is [Co].[c-]1ccc[nH]1. The average Bonchev–Trinajstić information content (AvgIpc) is 1.76. The zero-order chi connectivity index (χ0) is 3.54. The van der Waals surface area contributed by atoms with Gasteiger partial charge in [0, 0.05) is 16.8 Å². The van der Waals surface area contributed by atoms with Crippen molar-refractivity contribution in [3.8, 4) is 0 Å². The van der Waals surface area contributed by atoms with Gasteiger partial charge in [-0.15, -0.1) is 6.20 Å². The molecule has 0 aliphatic carbocycles.